The van der Waals surface area contributed by atoms with Gasteiger partial charge in [-0.15, -0.1) is 0 Å². The fraction of sp³-hybridized carbons (Fsp3) is 0.184. The van der Waals surface area contributed by atoms with Gasteiger partial charge in [0.1, 0.15) is 80.2 Å². The topological polar surface area (TPSA) is 329 Å². The second-order valence-corrected chi connectivity index (χ2v) is 30.7. The first-order valence-corrected chi connectivity index (χ1v) is 41.9. The molecule has 0 bridgehead atoms. The molecule has 0 saturated carbocycles. The van der Waals surface area contributed by atoms with Gasteiger partial charge in [-0.25, -0.2) is 4.79 Å². The lowest BCUT2D eigenvalue weighted by atomic mass is 9.77. The second-order valence-electron chi connectivity index (χ2n) is 30.7. The minimum absolute atomic E-state index is 0.00372. The smallest absolute Gasteiger partial charge is 0.407 e. The van der Waals surface area contributed by atoms with Crippen LogP contribution in [-0.4, -0.2) is 114 Å². The third-order valence-electron chi connectivity index (χ3n) is 21.9. The number of ether oxygens (including phenoxy) is 5. The van der Waals surface area contributed by atoms with E-state index in [2.05, 4.69) is 47.5 Å². The van der Waals surface area contributed by atoms with E-state index in [1.165, 1.54) is 12.1 Å². The summed E-state index contributed by atoms with van der Waals surface area (Å²) in [6.07, 6.45) is -1.07. The normalized spacial score (nSPS) is 12.6. The van der Waals surface area contributed by atoms with Gasteiger partial charge in [-0.1, -0.05) is 291 Å². The highest BCUT2D eigenvalue weighted by molar-refractivity contribution is 5.99. The third kappa shape index (κ3) is 24.0. The van der Waals surface area contributed by atoms with Crippen molar-refractivity contribution < 1.29 is 71.6 Å². The number of fused-ring (bicyclic) bond motifs is 4. The summed E-state index contributed by atoms with van der Waals surface area (Å²) in [6.45, 7) is -1.23. The molecule has 14 rings (SSSR count). The zero-order valence-electron chi connectivity index (χ0n) is 69.4. The van der Waals surface area contributed by atoms with Gasteiger partial charge >= 0.3 is 18.0 Å². The van der Waals surface area contributed by atoms with E-state index in [4.69, 9.17) is 23.7 Å². The minimum atomic E-state index is -1.81. The predicted octanol–water partition coefficient (Wildman–Crippen LogP) is 13.5. The molecule has 642 valence electrons. The number of rotatable bonds is 40. The van der Waals surface area contributed by atoms with Crippen molar-refractivity contribution in [2.75, 3.05) is 25.1 Å². The van der Waals surface area contributed by atoms with Crippen molar-refractivity contribution in [2.45, 2.75) is 100 Å². The number of carbonyl (C=O) groups is 10. The van der Waals surface area contributed by atoms with Crippen LogP contribution in [0, 0.1) is 0 Å². The number of alkyl carbamates (subject to hydrolysis) is 1. The van der Waals surface area contributed by atoms with Crippen LogP contribution in [0.5, 0.6) is 11.5 Å². The lowest BCUT2D eigenvalue weighted by molar-refractivity contribution is -0.148. The first-order valence-electron chi connectivity index (χ1n) is 41.9. The van der Waals surface area contributed by atoms with Crippen LogP contribution in [0.4, 0.5) is 10.5 Å². The van der Waals surface area contributed by atoms with Crippen LogP contribution < -0.4 is 52.0 Å². The summed E-state index contributed by atoms with van der Waals surface area (Å²) in [5.74, 6) is -6.94. The van der Waals surface area contributed by atoms with Gasteiger partial charge in [-0.05, 0) is 121 Å². The number of para-hydroxylation sites is 1. The maximum atomic E-state index is 15.7. The monoisotopic (exact) mass is 1700 g/mol. The lowest BCUT2D eigenvalue weighted by Gasteiger charge is -2.37. The van der Waals surface area contributed by atoms with Gasteiger partial charge < -0.3 is 71.2 Å². The highest BCUT2D eigenvalue weighted by Gasteiger charge is 2.40. The molecule has 8 amide bonds. The largest absolute Gasteiger partial charge is 0.489 e. The molecule has 0 saturated heterocycles. The van der Waals surface area contributed by atoms with Crippen molar-refractivity contribution in [1.82, 2.24) is 42.2 Å². The summed E-state index contributed by atoms with van der Waals surface area (Å²) < 4.78 is 29.2. The molecule has 1 heterocycles. The zero-order valence-corrected chi connectivity index (χ0v) is 69.4. The standard InChI is InChI=1S/C103H95N9O15/c113-93(112-103(75-36-16-5-17-37-75,76-38-18-6-19-39-76)77-40-20-7-21-41-77)57-56-88(107-94(114)68-124-80-54-50-78(51-55-80)106-99(119)90(59-70-48-52-79(53-49-70)123-64-71-30-10-2-11-31-71)111-102(122)127-67-86-84-45-24-22-43-82(84)83-44-23-25-46-85(83)86)98(118)109-91(60-74-62-104-87-47-27-26-42-81(74)87)100(120)110-92(61-95(115)125-65-72-32-12-3-13-33-72)101(121)108-89(58-69-28-8-1-9-29-69)97(117)105-63-96(116)126-66-73-34-14-4-15-35-73/h1-55,62,86,88-92,104H,56-61,63-68H2,(H,105,117)(H,106,119)(H,107,114)(H,108,121)(H,109,118)(H,110,120)(H,111,122)(H,112,113)/t88-,89-,90-,91-,92-/m0/s1. The number of aromatic amines is 1. The van der Waals surface area contributed by atoms with Gasteiger partial charge in [-0.3, -0.25) is 43.2 Å². The molecule has 24 heteroatoms. The molecule has 0 spiro atoms. The average molecular weight is 1700 g/mol. The van der Waals surface area contributed by atoms with E-state index >= 15 is 19.2 Å². The van der Waals surface area contributed by atoms with E-state index in [9.17, 15) is 28.8 Å². The summed E-state index contributed by atoms with van der Waals surface area (Å²) in [6, 6.07) is 93.1. The minimum Gasteiger partial charge on any atom is -0.489 e. The molecule has 0 fully saturated rings. The third-order valence-corrected chi connectivity index (χ3v) is 21.9. The SMILES string of the molecule is O=C(COc1ccc(NC(=O)[C@H](Cc2ccc(OCc3ccccc3)cc2)NC(=O)OCC2c3ccccc3-c3ccccc32)cc1)N[C@@H](CCC(=O)NC(c1ccccc1)(c1ccccc1)c1ccccc1)C(=O)N[C@@H](Cc1c[nH]c2ccccc12)C(=O)N[C@@H](CC(=O)OCc1ccccc1)C(=O)N[C@@H](Cc1ccccc1)C(=O)NCC(=O)OCc1ccccc1. The molecule has 13 aromatic rings. The highest BCUT2D eigenvalue weighted by atomic mass is 16.6. The summed E-state index contributed by atoms with van der Waals surface area (Å²) in [7, 11) is 0. The van der Waals surface area contributed by atoms with E-state index in [1.54, 1.807) is 128 Å². The van der Waals surface area contributed by atoms with Crippen LogP contribution in [0.25, 0.3) is 22.0 Å². The summed E-state index contributed by atoms with van der Waals surface area (Å²) >= 11 is 0. The van der Waals surface area contributed by atoms with Gasteiger partial charge in [-0.2, -0.15) is 0 Å². The van der Waals surface area contributed by atoms with Crippen LogP contribution >= 0.6 is 0 Å². The molecule has 1 aromatic heterocycles. The predicted molar refractivity (Wildman–Crippen MR) is 480 cm³/mol. The van der Waals surface area contributed by atoms with Crippen LogP contribution in [0.1, 0.15) is 86.4 Å². The fourth-order valence-corrected chi connectivity index (χ4v) is 15.4. The summed E-state index contributed by atoms with van der Waals surface area (Å²) in [5.41, 5.74) is 10.1. The van der Waals surface area contributed by atoms with Crippen LogP contribution in [0.3, 0.4) is 0 Å². The summed E-state index contributed by atoms with van der Waals surface area (Å²) in [5, 5.41) is 23.3. The average Bonchev–Trinajstić information content (AvgIpc) is 1.66. The molecule has 24 nitrogen and oxygen atoms in total. The highest BCUT2D eigenvalue weighted by Crippen LogP contribution is 2.45. The second kappa shape index (κ2) is 43.4. The molecule has 0 unspecified atom stereocenters. The summed E-state index contributed by atoms with van der Waals surface area (Å²) in [4.78, 5) is 150. The molecular weight excluding hydrogens is 1600 g/mol. The number of amides is 8. The number of H-pyrrole nitrogens is 1. The zero-order chi connectivity index (χ0) is 88.1. The Morgan fingerprint density at radius 2 is 0.803 bits per heavy atom. The van der Waals surface area contributed by atoms with Crippen molar-refractivity contribution in [3.63, 3.8) is 0 Å². The van der Waals surface area contributed by atoms with Gasteiger partial charge in [0.25, 0.3) is 5.91 Å². The Hall–Kier alpha value is -15.7. The Morgan fingerprint density at radius 1 is 0.362 bits per heavy atom. The van der Waals surface area contributed by atoms with Crippen LogP contribution in [-0.2, 0) is 102 Å². The van der Waals surface area contributed by atoms with E-state index in [0.29, 0.717) is 73.5 Å². The Balaban J connectivity index is 0.712. The van der Waals surface area contributed by atoms with Crippen molar-refractivity contribution >= 4 is 76.0 Å². The van der Waals surface area contributed by atoms with Gasteiger partial charge in [0.15, 0.2) is 6.61 Å². The molecule has 1 aliphatic carbocycles. The van der Waals surface area contributed by atoms with E-state index in [-0.39, 0.29) is 57.2 Å². The number of anilines is 1. The first kappa shape index (κ1) is 87.6. The molecule has 0 radical (unpaired) electrons. The molecule has 9 N–H and O–H groups in total. The fourth-order valence-electron chi connectivity index (χ4n) is 15.4. The quantitative estimate of drug-likeness (QED) is 0.00979. The molecule has 12 aromatic carbocycles. The van der Waals surface area contributed by atoms with Crippen LogP contribution in [0.15, 0.2) is 340 Å². The van der Waals surface area contributed by atoms with Crippen molar-refractivity contribution in [3.8, 4) is 22.6 Å². The Kier molecular flexibility index (Phi) is 29.9. The Labute approximate surface area is 734 Å². The van der Waals surface area contributed by atoms with Gasteiger partial charge in [0.2, 0.25) is 35.4 Å². The van der Waals surface area contributed by atoms with E-state index in [0.717, 1.165) is 27.8 Å². The lowest BCUT2D eigenvalue weighted by Crippen LogP contribution is -2.59. The number of aromatic nitrogens is 1. The molecule has 0 aliphatic heterocycles. The number of hydrogen-bond donors (Lipinski definition) is 9. The number of benzene rings is 12. The number of nitrogens with one attached hydrogen (secondary N) is 9. The van der Waals surface area contributed by atoms with Crippen molar-refractivity contribution in [3.05, 3.63) is 401 Å². The van der Waals surface area contributed by atoms with Gasteiger partial charge in [0, 0.05) is 54.4 Å². The molecule has 1 aliphatic rings. The maximum absolute atomic E-state index is 15.7. The number of hydrogen-bond acceptors (Lipinski definition) is 15. The molecule has 127 heavy (non-hydrogen) atoms. The van der Waals surface area contributed by atoms with Crippen molar-refractivity contribution in [1.29, 1.82) is 0 Å². The van der Waals surface area contributed by atoms with Crippen LogP contribution in [0.2, 0.25) is 0 Å². The maximum Gasteiger partial charge on any atom is 0.407 e. The number of carbonyl (C=O) groups excluding carboxylic acids is 10. The van der Waals surface area contributed by atoms with Gasteiger partial charge in [0.05, 0.1) is 6.42 Å². The Morgan fingerprint density at radius 3 is 1.37 bits per heavy atom. The molecule has 5 atom stereocenters. The first-order chi connectivity index (χ1) is 62.0. The molecular formula is C103H95N9O15. The van der Waals surface area contributed by atoms with E-state index in [1.807, 2.05) is 200 Å². The van der Waals surface area contributed by atoms with Crippen molar-refractivity contribution in [2.24, 2.45) is 0 Å². The number of esters is 2. The Bertz CT molecular complexity index is 5780. The van der Waals surface area contributed by atoms with E-state index < -0.39 is 121 Å².